The molecule has 0 spiro atoms. The number of amides is 2. The number of hydrogen-bond donors (Lipinski definition) is 6. The van der Waals surface area contributed by atoms with Crippen LogP contribution in [-0.4, -0.2) is 83.6 Å². The second-order valence-corrected chi connectivity index (χ2v) is 13.4. The van der Waals surface area contributed by atoms with Gasteiger partial charge >= 0.3 is 24.1 Å². The molecule has 0 saturated carbocycles. The molecule has 0 unspecified atom stereocenters. The smallest absolute Gasteiger partial charge is 0.385 e. The molecule has 0 bridgehead atoms. The van der Waals surface area contributed by atoms with Crippen LogP contribution in [0.25, 0.3) is 33.6 Å². The summed E-state index contributed by atoms with van der Waals surface area (Å²) in [5, 5.41) is 6.58. The minimum Gasteiger partial charge on any atom is -0.385 e. The first-order valence-electron chi connectivity index (χ1n) is 17.7. The topological polar surface area (TPSA) is 239 Å². The number of primary amides is 2. The summed E-state index contributed by atoms with van der Waals surface area (Å²) in [4.78, 5) is 64.9. The Bertz CT molecular complexity index is 1860. The molecule has 16 nitrogen and oxygen atoms in total. The van der Waals surface area contributed by atoms with Crippen molar-refractivity contribution in [2.45, 2.75) is 64.7 Å². The lowest BCUT2D eigenvalue weighted by molar-refractivity contribution is -0.141. The number of nitrogens with one attached hydrogen (secondary N) is 4. The summed E-state index contributed by atoms with van der Waals surface area (Å²) in [5.74, 6) is -0.606. The number of benzene rings is 2. The Morgan fingerprint density at radius 1 is 0.667 bits per heavy atom. The maximum Gasteiger partial charge on any atom is 0.412 e. The fourth-order valence-corrected chi connectivity index (χ4v) is 6.14. The van der Waals surface area contributed by atoms with E-state index in [-0.39, 0.29) is 37.9 Å². The summed E-state index contributed by atoms with van der Waals surface area (Å²) in [6.45, 7) is 8.39. The highest BCUT2D eigenvalue weighted by atomic mass is 16.6. The van der Waals surface area contributed by atoms with Gasteiger partial charge in [-0.2, -0.15) is 0 Å². The van der Waals surface area contributed by atoms with Gasteiger partial charge in [0.25, 0.3) is 0 Å². The second kappa shape index (κ2) is 19.6. The Balaban J connectivity index is 1.77. The molecule has 0 aliphatic rings. The third-order valence-electron chi connectivity index (χ3n) is 8.78. The fraction of sp³-hybridized carbons (Fsp3) is 0.421. The Morgan fingerprint density at radius 3 is 1.59 bits per heavy atom. The van der Waals surface area contributed by atoms with Crippen molar-refractivity contribution in [3.8, 4) is 33.6 Å². The second-order valence-electron chi connectivity index (χ2n) is 13.4. The molecule has 2 aromatic heterocycles. The van der Waals surface area contributed by atoms with Crippen LogP contribution < -0.4 is 22.1 Å². The number of esters is 2. The van der Waals surface area contributed by atoms with Gasteiger partial charge in [0, 0.05) is 38.6 Å². The van der Waals surface area contributed by atoms with Crippen molar-refractivity contribution in [3.05, 3.63) is 72.6 Å². The molecule has 8 N–H and O–H groups in total. The van der Waals surface area contributed by atoms with Crippen molar-refractivity contribution >= 4 is 24.1 Å². The van der Waals surface area contributed by atoms with Crippen LogP contribution in [0.2, 0.25) is 0 Å². The molecule has 4 atom stereocenters. The molecule has 0 radical (unpaired) electrons. The van der Waals surface area contributed by atoms with Gasteiger partial charge in [0.1, 0.15) is 23.7 Å². The standard InChI is InChI=1S/C38H50N8O8/c1-21(2)31(43-26(15-17-51-5)35(47)53-37(39)49)33-41-19-28(45-33)25-14-10-13-24(23-11-8-7-9-12-23)30(25)29-20-42-34(46-29)32(22(3)4)44-27(16-18-52-6)36(48)54-38(40)50/h7-14,19-22,26-27,31-32,43-44H,15-18H2,1-6H3,(H2,39,49)(H2,40,50)(H,41,45)(H,42,46)/t26-,27-,31+,32+/m0/s1. The minimum atomic E-state index is -1.19. The van der Waals surface area contributed by atoms with Gasteiger partial charge in [-0.1, -0.05) is 76.2 Å². The van der Waals surface area contributed by atoms with E-state index in [0.29, 0.717) is 23.0 Å². The molecule has 290 valence electrons. The van der Waals surface area contributed by atoms with E-state index in [4.69, 9.17) is 40.4 Å². The van der Waals surface area contributed by atoms with Gasteiger partial charge in [0.05, 0.1) is 35.9 Å². The van der Waals surface area contributed by atoms with E-state index in [1.54, 1.807) is 12.4 Å². The highest BCUT2D eigenvalue weighted by molar-refractivity contribution is 5.92. The number of carbonyl (C=O) groups excluding carboxylic acids is 4. The molecular formula is C38H50N8O8. The lowest BCUT2D eigenvalue weighted by Gasteiger charge is -2.25. The summed E-state index contributed by atoms with van der Waals surface area (Å²) in [7, 11) is 3.03. The number of imidazole rings is 2. The van der Waals surface area contributed by atoms with Gasteiger partial charge in [-0.05, 0) is 35.8 Å². The molecule has 4 aromatic rings. The van der Waals surface area contributed by atoms with Crippen LogP contribution in [0, 0.1) is 11.8 Å². The summed E-state index contributed by atoms with van der Waals surface area (Å²) in [6.07, 6.45) is 1.55. The van der Waals surface area contributed by atoms with E-state index in [0.717, 1.165) is 22.3 Å². The van der Waals surface area contributed by atoms with Crippen molar-refractivity contribution in [2.75, 3.05) is 27.4 Å². The zero-order chi connectivity index (χ0) is 39.4. The quantitative estimate of drug-likeness (QED) is 0.0563. The Hall–Kier alpha value is -5.42. The van der Waals surface area contributed by atoms with Crippen LogP contribution in [0.1, 0.15) is 64.3 Å². The summed E-state index contributed by atoms with van der Waals surface area (Å²) >= 11 is 0. The molecule has 16 heteroatoms. The number of carbonyl (C=O) groups is 4. The Labute approximate surface area is 314 Å². The van der Waals surface area contributed by atoms with Crippen molar-refractivity contribution < 1.29 is 38.1 Å². The predicted molar refractivity (Wildman–Crippen MR) is 200 cm³/mol. The fourth-order valence-electron chi connectivity index (χ4n) is 6.14. The van der Waals surface area contributed by atoms with E-state index < -0.39 is 48.3 Å². The van der Waals surface area contributed by atoms with Gasteiger partial charge < -0.3 is 40.4 Å². The molecule has 0 saturated heterocycles. The van der Waals surface area contributed by atoms with E-state index >= 15 is 0 Å². The van der Waals surface area contributed by atoms with E-state index in [9.17, 15) is 19.2 Å². The number of aromatic nitrogens is 4. The molecule has 0 aliphatic carbocycles. The first kappa shape index (κ1) is 41.3. The van der Waals surface area contributed by atoms with E-state index in [1.165, 1.54) is 14.2 Å². The van der Waals surface area contributed by atoms with Crippen LogP contribution in [0.5, 0.6) is 0 Å². The van der Waals surface area contributed by atoms with Gasteiger partial charge in [0.2, 0.25) is 0 Å². The molecule has 0 aliphatic heterocycles. The maximum absolute atomic E-state index is 12.8. The summed E-state index contributed by atoms with van der Waals surface area (Å²) in [5.41, 5.74) is 15.2. The zero-order valence-corrected chi connectivity index (χ0v) is 31.4. The zero-order valence-electron chi connectivity index (χ0n) is 31.4. The average molecular weight is 747 g/mol. The van der Waals surface area contributed by atoms with Gasteiger partial charge in [-0.25, -0.2) is 29.1 Å². The van der Waals surface area contributed by atoms with Crippen molar-refractivity contribution in [2.24, 2.45) is 23.3 Å². The lowest BCUT2D eigenvalue weighted by Crippen LogP contribution is -2.44. The number of rotatable bonds is 19. The van der Waals surface area contributed by atoms with Crippen molar-refractivity contribution in [3.63, 3.8) is 0 Å². The van der Waals surface area contributed by atoms with Crippen LogP contribution in [0.15, 0.2) is 60.9 Å². The van der Waals surface area contributed by atoms with E-state index in [2.05, 4.69) is 20.6 Å². The maximum atomic E-state index is 12.8. The molecular weight excluding hydrogens is 696 g/mol. The highest BCUT2D eigenvalue weighted by Crippen LogP contribution is 2.40. The molecule has 0 fully saturated rings. The number of nitrogens with two attached hydrogens (primary N) is 2. The van der Waals surface area contributed by atoms with Crippen LogP contribution >= 0.6 is 0 Å². The number of hydrogen-bond acceptors (Lipinski definition) is 12. The first-order valence-corrected chi connectivity index (χ1v) is 17.7. The summed E-state index contributed by atoms with van der Waals surface area (Å²) in [6, 6.07) is 13.2. The molecule has 2 heterocycles. The number of aromatic amines is 2. The third kappa shape index (κ3) is 10.8. The van der Waals surface area contributed by atoms with Crippen molar-refractivity contribution in [1.29, 1.82) is 0 Å². The monoisotopic (exact) mass is 746 g/mol. The van der Waals surface area contributed by atoms with Crippen molar-refractivity contribution in [1.82, 2.24) is 30.6 Å². The number of nitrogens with zero attached hydrogens (tertiary/aromatic N) is 2. The SMILES string of the molecule is COCC[C@H](N[C@@H](c1ncc(-c2cccc(-c3ccccc3)c2-c2cnc([C@H](N[C@@H](CCOC)C(=O)OC(N)=O)C(C)C)[nH]2)[nH]1)C(C)C)C(=O)OC(N)=O. The Morgan fingerprint density at radius 2 is 1.13 bits per heavy atom. The third-order valence-corrected chi connectivity index (χ3v) is 8.78. The normalized spacial score (nSPS) is 13.7. The lowest BCUT2D eigenvalue weighted by atomic mass is 9.92. The van der Waals surface area contributed by atoms with Gasteiger partial charge in [-0.3, -0.25) is 10.6 Å². The summed E-state index contributed by atoms with van der Waals surface area (Å²) < 4.78 is 19.8. The first-order chi connectivity index (χ1) is 25.8. The average Bonchev–Trinajstić information content (AvgIpc) is 3.82. The molecule has 2 amide bonds. The van der Waals surface area contributed by atoms with E-state index in [1.807, 2.05) is 76.2 Å². The Kier molecular flexibility index (Phi) is 15.0. The van der Waals surface area contributed by atoms with Crippen LogP contribution in [0.4, 0.5) is 9.59 Å². The largest absolute Gasteiger partial charge is 0.412 e. The molecule has 54 heavy (non-hydrogen) atoms. The van der Waals surface area contributed by atoms with Crippen LogP contribution in [-0.2, 0) is 28.5 Å². The van der Waals surface area contributed by atoms with Gasteiger partial charge in [0.15, 0.2) is 0 Å². The minimum absolute atomic E-state index is 0.0471. The number of H-pyrrole nitrogens is 2. The number of ether oxygens (including phenoxy) is 4. The van der Waals surface area contributed by atoms with Crippen LogP contribution in [0.3, 0.4) is 0 Å². The molecule has 4 rings (SSSR count). The number of methoxy groups -OCH3 is 2. The highest BCUT2D eigenvalue weighted by Gasteiger charge is 2.31. The predicted octanol–water partition coefficient (Wildman–Crippen LogP) is 4.76. The van der Waals surface area contributed by atoms with Gasteiger partial charge in [-0.15, -0.1) is 0 Å². The molecule has 2 aromatic carbocycles.